The molecule has 2 saturated heterocycles. The average Bonchev–Trinajstić information content (AvgIpc) is 3.18. The van der Waals surface area contributed by atoms with E-state index in [1.54, 1.807) is 11.3 Å². The summed E-state index contributed by atoms with van der Waals surface area (Å²) >= 11 is 1.67. The highest BCUT2D eigenvalue weighted by Gasteiger charge is 2.72. The quantitative estimate of drug-likeness (QED) is 0.148. The van der Waals surface area contributed by atoms with E-state index in [4.69, 9.17) is 9.16 Å². The molecule has 0 N–H and O–H groups in total. The fraction of sp³-hybridized carbons (Fsp3) is 0.824. The average molecular weight is 665 g/mol. The maximum atomic E-state index is 13.7. The van der Waals surface area contributed by atoms with Crippen LogP contribution in [0.1, 0.15) is 111 Å². The van der Waals surface area contributed by atoms with Crippen molar-refractivity contribution in [2.24, 2.45) is 22.7 Å². The molecule has 2 aliphatic carbocycles. The SMILES string of the molecule is CC[Si](CC)(CC)O[C@@H](C[C@@H]1O[C@]1(C)CCC[C@H](C)C(=O)N1[C@H]2C[C@@H]3CC[C@@]2(CS1(=O)=O)C3(C)C)/C(C)=C/c1csc(C)n1. The number of amides is 1. The second-order valence-corrected chi connectivity index (χ2v) is 22.9. The Morgan fingerprint density at radius 2 is 1.93 bits per heavy atom. The number of thiazole rings is 1. The molecule has 1 aromatic rings. The van der Waals surface area contributed by atoms with Gasteiger partial charge in [0.05, 0.1) is 40.3 Å². The molecule has 1 aromatic heterocycles. The van der Waals surface area contributed by atoms with E-state index in [1.165, 1.54) is 9.88 Å². The first-order chi connectivity index (χ1) is 20.6. The van der Waals surface area contributed by atoms with Crippen molar-refractivity contribution in [2.75, 3.05) is 5.75 Å². The predicted octanol–water partition coefficient (Wildman–Crippen LogP) is 7.97. The molecule has 0 unspecified atom stereocenters. The van der Waals surface area contributed by atoms with E-state index in [9.17, 15) is 13.2 Å². The summed E-state index contributed by atoms with van der Waals surface area (Å²) in [5, 5.41) is 3.17. The second kappa shape index (κ2) is 12.2. The highest BCUT2D eigenvalue weighted by molar-refractivity contribution is 7.90. The summed E-state index contributed by atoms with van der Waals surface area (Å²) in [6.07, 6.45) is 8.27. The first-order valence-corrected chi connectivity index (χ1v) is 22.1. The molecule has 7 nitrogen and oxygen atoms in total. The number of aryl methyl sites for hydroxylation is 1. The lowest BCUT2D eigenvalue weighted by Gasteiger charge is -2.37. The van der Waals surface area contributed by atoms with Crippen LogP contribution in [-0.4, -0.2) is 61.5 Å². The van der Waals surface area contributed by atoms with Crippen LogP contribution in [-0.2, 0) is 24.0 Å². The molecule has 2 aliphatic heterocycles. The smallest absolute Gasteiger partial charge is 0.239 e. The Morgan fingerprint density at radius 1 is 1.25 bits per heavy atom. The Kier molecular flexibility index (Phi) is 9.49. The summed E-state index contributed by atoms with van der Waals surface area (Å²) < 4.78 is 41.5. The lowest BCUT2D eigenvalue weighted by molar-refractivity contribution is -0.133. The summed E-state index contributed by atoms with van der Waals surface area (Å²) in [6.45, 7) is 19.6. The lowest BCUT2D eigenvalue weighted by Crippen LogP contribution is -2.45. The van der Waals surface area contributed by atoms with Crippen molar-refractivity contribution < 1.29 is 22.4 Å². The van der Waals surface area contributed by atoms with E-state index < -0.39 is 18.3 Å². The van der Waals surface area contributed by atoms with E-state index >= 15 is 0 Å². The molecule has 248 valence electrons. The van der Waals surface area contributed by atoms with Crippen molar-refractivity contribution in [2.45, 2.75) is 149 Å². The molecule has 7 atom stereocenters. The van der Waals surface area contributed by atoms with Crippen molar-refractivity contribution in [3.8, 4) is 0 Å². The number of sulfonamides is 1. The first-order valence-electron chi connectivity index (χ1n) is 17.1. The molecule has 4 fully saturated rings. The van der Waals surface area contributed by atoms with Gasteiger partial charge in [0, 0.05) is 23.1 Å². The van der Waals surface area contributed by atoms with E-state index in [0.29, 0.717) is 12.3 Å². The number of ether oxygens (including phenoxy) is 1. The van der Waals surface area contributed by atoms with Crippen LogP contribution in [0.5, 0.6) is 0 Å². The van der Waals surface area contributed by atoms with Crippen molar-refractivity contribution >= 4 is 41.7 Å². The molecular formula is C34H56N2O5S2Si. The number of carbonyl (C=O) groups excluding carboxylic acids is 1. The molecule has 3 heterocycles. The predicted molar refractivity (Wildman–Crippen MR) is 181 cm³/mol. The Bertz CT molecular complexity index is 1360. The number of aromatic nitrogens is 1. The third-order valence-electron chi connectivity index (χ3n) is 12.7. The van der Waals surface area contributed by atoms with Crippen LogP contribution in [0, 0.1) is 29.6 Å². The second-order valence-electron chi connectivity index (χ2n) is 15.2. The minimum absolute atomic E-state index is 0.00506. The zero-order valence-electron chi connectivity index (χ0n) is 28.6. The maximum absolute atomic E-state index is 13.7. The summed E-state index contributed by atoms with van der Waals surface area (Å²) in [5.74, 6) is 0.128. The van der Waals surface area contributed by atoms with Gasteiger partial charge in [-0.25, -0.2) is 17.7 Å². The molecule has 5 rings (SSSR count). The topological polar surface area (TPSA) is 89.1 Å². The largest absolute Gasteiger partial charge is 0.410 e. The summed E-state index contributed by atoms with van der Waals surface area (Å²) in [4.78, 5) is 18.4. The van der Waals surface area contributed by atoms with E-state index in [0.717, 1.165) is 67.4 Å². The van der Waals surface area contributed by atoms with E-state index in [-0.39, 0.29) is 52.3 Å². The summed E-state index contributed by atoms with van der Waals surface area (Å²) in [7, 11) is -5.43. The van der Waals surface area contributed by atoms with Crippen molar-refractivity contribution in [1.82, 2.24) is 9.29 Å². The van der Waals surface area contributed by atoms with Gasteiger partial charge in [0.25, 0.3) is 0 Å². The Balaban J connectivity index is 1.20. The fourth-order valence-corrected chi connectivity index (χ4v) is 15.2. The normalized spacial score (nSPS) is 33.4. The van der Waals surface area contributed by atoms with Crippen LogP contribution >= 0.6 is 11.3 Å². The zero-order valence-corrected chi connectivity index (χ0v) is 31.2. The standard InChI is InChI=1S/C34H56N2O5S2Si/c1-10-44(11-2,12-3)41-28(24(5)18-27-21-42-25(6)35-27)20-30-33(9,40-30)16-13-14-23(4)31(37)36-29-19-26-15-17-34(29,32(26,7)8)22-43(36,38)39/h18,21,23,26,28-30H,10-17,19-20,22H2,1-9H3/b24-18+/t23-,26-,28-,29-,30-,33+,34-/m0/s1. The first kappa shape index (κ1) is 34.3. The molecule has 44 heavy (non-hydrogen) atoms. The number of hydrogen-bond acceptors (Lipinski definition) is 7. The van der Waals surface area contributed by atoms with Gasteiger partial charge in [-0.3, -0.25) is 4.79 Å². The van der Waals surface area contributed by atoms with Crippen LogP contribution < -0.4 is 0 Å². The molecule has 1 spiro atoms. The Morgan fingerprint density at radius 3 is 2.52 bits per heavy atom. The number of carbonyl (C=O) groups is 1. The number of fused-ring (bicyclic) bond motifs is 1. The zero-order chi connectivity index (χ0) is 32.3. The number of epoxide rings is 1. The minimum Gasteiger partial charge on any atom is -0.410 e. The van der Waals surface area contributed by atoms with Crippen molar-refractivity contribution in [3.05, 3.63) is 21.7 Å². The molecule has 4 aliphatic rings. The third-order valence-corrected chi connectivity index (χ3v) is 20.0. The number of rotatable bonds is 14. The van der Waals surface area contributed by atoms with Crippen molar-refractivity contribution in [3.63, 3.8) is 0 Å². The van der Waals surface area contributed by atoms with Gasteiger partial charge in [-0.15, -0.1) is 11.3 Å². The van der Waals surface area contributed by atoms with Gasteiger partial charge < -0.3 is 9.16 Å². The molecule has 1 amide bonds. The lowest BCUT2D eigenvalue weighted by atomic mass is 9.69. The third kappa shape index (κ3) is 5.93. The van der Waals surface area contributed by atoms with Gasteiger partial charge in [-0.1, -0.05) is 41.5 Å². The Hall–Kier alpha value is -1.07. The van der Waals surface area contributed by atoms with E-state index in [1.807, 2.05) is 13.8 Å². The fourth-order valence-electron chi connectivity index (χ4n) is 9.08. The van der Waals surface area contributed by atoms with Crippen LogP contribution in [0.2, 0.25) is 18.1 Å². The number of hydrogen-bond donors (Lipinski definition) is 0. The maximum Gasteiger partial charge on any atom is 0.239 e. The molecule has 2 saturated carbocycles. The highest BCUT2D eigenvalue weighted by atomic mass is 32.2. The van der Waals surface area contributed by atoms with Crippen LogP contribution in [0.25, 0.3) is 6.08 Å². The van der Waals surface area contributed by atoms with E-state index in [2.05, 4.69) is 64.9 Å². The van der Waals surface area contributed by atoms with Crippen LogP contribution in [0.3, 0.4) is 0 Å². The molecule has 0 radical (unpaired) electrons. The minimum atomic E-state index is -3.58. The van der Waals surface area contributed by atoms with Gasteiger partial charge in [-0.2, -0.15) is 0 Å². The molecular weight excluding hydrogens is 609 g/mol. The molecule has 2 bridgehead atoms. The summed E-state index contributed by atoms with van der Waals surface area (Å²) in [6, 6.07) is 3.14. The Labute approximate surface area is 271 Å². The van der Waals surface area contributed by atoms with Gasteiger partial charge in [-0.05, 0) is 100 Å². The monoisotopic (exact) mass is 664 g/mol. The highest BCUT2D eigenvalue weighted by Crippen LogP contribution is 2.70. The van der Waals surface area contributed by atoms with Gasteiger partial charge in [0.15, 0.2) is 8.32 Å². The van der Waals surface area contributed by atoms with Crippen LogP contribution in [0.15, 0.2) is 11.0 Å². The van der Waals surface area contributed by atoms with Crippen molar-refractivity contribution in [1.29, 1.82) is 0 Å². The molecule has 0 aromatic carbocycles. The van der Waals surface area contributed by atoms with Gasteiger partial charge >= 0.3 is 0 Å². The summed E-state index contributed by atoms with van der Waals surface area (Å²) in [5.41, 5.74) is 1.65. The number of nitrogens with zero attached hydrogens (tertiary/aromatic N) is 2. The van der Waals surface area contributed by atoms with Crippen LogP contribution in [0.4, 0.5) is 0 Å². The molecule has 10 heteroatoms. The van der Waals surface area contributed by atoms with Gasteiger partial charge in [0.1, 0.15) is 0 Å². The van der Waals surface area contributed by atoms with Gasteiger partial charge in [0.2, 0.25) is 15.9 Å².